The normalized spacial score (nSPS) is 11.3. The number of aromatic hydroxyl groups is 2. The highest BCUT2D eigenvalue weighted by Gasteiger charge is 2.23. The molecule has 0 saturated carbocycles. The van der Waals surface area contributed by atoms with Gasteiger partial charge in [-0.05, 0) is 35.4 Å². The van der Waals surface area contributed by atoms with Crippen molar-refractivity contribution in [3.8, 4) is 22.6 Å². The number of sulfonamides is 1. The molecule has 3 aromatic carbocycles. The third-order valence-electron chi connectivity index (χ3n) is 3.63. The molecule has 0 radical (unpaired) electrons. The number of nitrogens with one attached hydrogen (secondary N) is 1. The summed E-state index contributed by atoms with van der Waals surface area (Å²) in [6, 6.07) is 16.1. The molecule has 0 unspecified atom stereocenters. The number of hydrogen-bond donors (Lipinski definition) is 3. The standard InChI is InChI=1S/C18H13Cl2NO4S/c19-13-9-14(20)18(23)17(10-13)26(24,25)21-15-8-12(6-7-16(15)22)11-4-2-1-3-5-11/h1-10,21-23H. The van der Waals surface area contributed by atoms with E-state index in [2.05, 4.69) is 4.72 Å². The first-order valence-electron chi connectivity index (χ1n) is 7.37. The lowest BCUT2D eigenvalue weighted by Gasteiger charge is -2.13. The fraction of sp³-hybridized carbons (Fsp3) is 0. The molecule has 26 heavy (non-hydrogen) atoms. The molecule has 0 saturated heterocycles. The average Bonchev–Trinajstić information content (AvgIpc) is 2.60. The zero-order valence-corrected chi connectivity index (χ0v) is 15.5. The van der Waals surface area contributed by atoms with Crippen molar-refractivity contribution in [2.75, 3.05) is 4.72 Å². The molecule has 3 rings (SSSR count). The van der Waals surface area contributed by atoms with Crippen LogP contribution < -0.4 is 4.72 Å². The fourth-order valence-corrected chi connectivity index (χ4v) is 4.20. The van der Waals surface area contributed by atoms with Crippen molar-refractivity contribution < 1.29 is 18.6 Å². The fourth-order valence-electron chi connectivity index (χ4n) is 2.37. The van der Waals surface area contributed by atoms with Crippen molar-refractivity contribution in [2.45, 2.75) is 4.90 Å². The molecular formula is C18H13Cl2NO4S. The van der Waals surface area contributed by atoms with E-state index in [1.54, 1.807) is 6.07 Å². The summed E-state index contributed by atoms with van der Waals surface area (Å²) in [4.78, 5) is -0.487. The number of hydrogen-bond acceptors (Lipinski definition) is 4. The van der Waals surface area contributed by atoms with Gasteiger partial charge in [-0.3, -0.25) is 4.72 Å². The van der Waals surface area contributed by atoms with E-state index in [4.69, 9.17) is 23.2 Å². The van der Waals surface area contributed by atoms with E-state index in [1.165, 1.54) is 18.2 Å². The SMILES string of the molecule is O=S(=O)(Nc1cc(-c2ccccc2)ccc1O)c1cc(Cl)cc(Cl)c1O. The highest BCUT2D eigenvalue weighted by atomic mass is 35.5. The third-order valence-corrected chi connectivity index (χ3v) is 5.52. The number of phenolic OH excluding ortho intramolecular Hbond substituents is 2. The number of rotatable bonds is 4. The van der Waals surface area contributed by atoms with Crippen molar-refractivity contribution in [3.63, 3.8) is 0 Å². The van der Waals surface area contributed by atoms with Gasteiger partial charge in [-0.15, -0.1) is 0 Å². The Morgan fingerprint density at radius 3 is 2.23 bits per heavy atom. The molecule has 0 spiro atoms. The highest BCUT2D eigenvalue weighted by molar-refractivity contribution is 7.92. The van der Waals surface area contributed by atoms with Crippen molar-refractivity contribution in [3.05, 3.63) is 70.7 Å². The second-order valence-electron chi connectivity index (χ2n) is 5.44. The van der Waals surface area contributed by atoms with E-state index in [-0.39, 0.29) is 21.5 Å². The van der Waals surface area contributed by atoms with Crippen LogP contribution in [0.25, 0.3) is 11.1 Å². The van der Waals surface area contributed by atoms with Crippen molar-refractivity contribution in [1.29, 1.82) is 0 Å². The van der Waals surface area contributed by atoms with Crippen LogP contribution in [0, 0.1) is 0 Å². The predicted molar refractivity (Wildman–Crippen MR) is 102 cm³/mol. The van der Waals surface area contributed by atoms with Crippen molar-refractivity contribution in [2.24, 2.45) is 0 Å². The number of halogens is 2. The van der Waals surface area contributed by atoms with Crippen LogP contribution in [0.2, 0.25) is 10.0 Å². The summed E-state index contributed by atoms with van der Waals surface area (Å²) in [5.74, 6) is -0.886. The Hall–Kier alpha value is -2.41. The van der Waals surface area contributed by atoms with Crippen LogP contribution in [-0.4, -0.2) is 18.6 Å². The van der Waals surface area contributed by atoms with Gasteiger partial charge < -0.3 is 10.2 Å². The van der Waals surface area contributed by atoms with Gasteiger partial charge in [0.1, 0.15) is 10.6 Å². The summed E-state index contributed by atoms with van der Waals surface area (Å²) in [6.07, 6.45) is 0. The first-order chi connectivity index (χ1) is 12.3. The molecule has 0 amide bonds. The van der Waals surface area contributed by atoms with Crippen LogP contribution >= 0.6 is 23.2 Å². The number of phenols is 2. The van der Waals surface area contributed by atoms with Gasteiger partial charge in [0.2, 0.25) is 0 Å². The summed E-state index contributed by atoms with van der Waals surface area (Å²) in [5, 5.41) is 19.9. The minimum Gasteiger partial charge on any atom is -0.506 e. The molecule has 0 fully saturated rings. The van der Waals surface area contributed by atoms with Gasteiger partial charge in [0.25, 0.3) is 10.0 Å². The molecule has 8 heteroatoms. The lowest BCUT2D eigenvalue weighted by atomic mass is 10.1. The molecule has 0 atom stereocenters. The molecule has 5 nitrogen and oxygen atoms in total. The number of benzene rings is 3. The summed E-state index contributed by atoms with van der Waals surface area (Å²) in [6.45, 7) is 0. The van der Waals surface area contributed by atoms with Crippen LogP contribution in [0.5, 0.6) is 11.5 Å². The molecule has 3 aromatic rings. The Morgan fingerprint density at radius 1 is 0.846 bits per heavy atom. The Kier molecular flexibility index (Phi) is 5.00. The molecule has 0 heterocycles. The lowest BCUT2D eigenvalue weighted by Crippen LogP contribution is -2.13. The van der Waals surface area contributed by atoms with Gasteiger partial charge >= 0.3 is 0 Å². The van der Waals surface area contributed by atoms with Gasteiger partial charge in [0.05, 0.1) is 10.7 Å². The topological polar surface area (TPSA) is 86.6 Å². The summed E-state index contributed by atoms with van der Waals surface area (Å²) >= 11 is 11.6. The number of anilines is 1. The zero-order chi connectivity index (χ0) is 18.9. The molecule has 0 aliphatic rings. The molecular weight excluding hydrogens is 397 g/mol. The Balaban J connectivity index is 2.03. The van der Waals surface area contributed by atoms with Crippen molar-refractivity contribution >= 4 is 38.9 Å². The molecule has 134 valence electrons. The highest BCUT2D eigenvalue weighted by Crippen LogP contribution is 2.37. The Morgan fingerprint density at radius 2 is 1.54 bits per heavy atom. The Labute approximate surface area is 160 Å². The van der Waals surface area contributed by atoms with Gasteiger partial charge in [0, 0.05) is 5.02 Å². The molecule has 0 aliphatic heterocycles. The zero-order valence-electron chi connectivity index (χ0n) is 13.1. The quantitative estimate of drug-likeness (QED) is 0.536. The van der Waals surface area contributed by atoms with Crippen LogP contribution in [0.3, 0.4) is 0 Å². The van der Waals surface area contributed by atoms with Crippen LogP contribution in [-0.2, 0) is 10.0 Å². The van der Waals surface area contributed by atoms with E-state index in [0.29, 0.717) is 5.56 Å². The van der Waals surface area contributed by atoms with E-state index in [9.17, 15) is 18.6 Å². The molecule has 0 aromatic heterocycles. The van der Waals surface area contributed by atoms with E-state index in [1.807, 2.05) is 30.3 Å². The molecule has 0 aliphatic carbocycles. The van der Waals surface area contributed by atoms with Gasteiger partial charge in [-0.2, -0.15) is 0 Å². The van der Waals surface area contributed by atoms with Crippen LogP contribution in [0.1, 0.15) is 0 Å². The largest absolute Gasteiger partial charge is 0.506 e. The van der Waals surface area contributed by atoms with Crippen LogP contribution in [0.15, 0.2) is 65.6 Å². The second kappa shape index (κ2) is 7.07. The third kappa shape index (κ3) is 3.72. The monoisotopic (exact) mass is 409 g/mol. The minimum atomic E-state index is -4.24. The van der Waals surface area contributed by atoms with Crippen molar-refractivity contribution in [1.82, 2.24) is 0 Å². The first-order valence-corrected chi connectivity index (χ1v) is 9.61. The van der Waals surface area contributed by atoms with Crippen LogP contribution in [0.4, 0.5) is 5.69 Å². The maximum Gasteiger partial charge on any atom is 0.265 e. The van der Waals surface area contributed by atoms with E-state index < -0.39 is 20.7 Å². The summed E-state index contributed by atoms with van der Waals surface area (Å²) in [7, 11) is -4.24. The van der Waals surface area contributed by atoms with Gasteiger partial charge in [-0.1, -0.05) is 59.6 Å². The summed E-state index contributed by atoms with van der Waals surface area (Å²) < 4.78 is 27.5. The minimum absolute atomic E-state index is 0.0400. The Bertz CT molecular complexity index is 1070. The molecule has 0 bridgehead atoms. The van der Waals surface area contributed by atoms with Gasteiger partial charge in [-0.25, -0.2) is 8.42 Å². The first kappa shape index (κ1) is 18.4. The van der Waals surface area contributed by atoms with E-state index >= 15 is 0 Å². The van der Waals surface area contributed by atoms with Gasteiger partial charge in [0.15, 0.2) is 5.75 Å². The molecule has 3 N–H and O–H groups in total. The average molecular weight is 410 g/mol. The smallest absolute Gasteiger partial charge is 0.265 e. The van der Waals surface area contributed by atoms with E-state index in [0.717, 1.165) is 11.6 Å². The predicted octanol–water partition coefficient (Wildman–Crippen LogP) is 4.87. The maximum absolute atomic E-state index is 12.6. The maximum atomic E-state index is 12.6. The summed E-state index contributed by atoms with van der Waals surface area (Å²) in [5.41, 5.74) is 1.51. The lowest BCUT2D eigenvalue weighted by molar-refractivity contribution is 0.459. The second-order valence-corrected chi connectivity index (χ2v) is 7.93.